The van der Waals surface area contributed by atoms with Crippen molar-refractivity contribution >= 4 is 0 Å². The zero-order valence-electron chi connectivity index (χ0n) is 13.4. The average Bonchev–Trinajstić information content (AvgIpc) is 2.19. The molecule has 0 bridgehead atoms. The average molecular weight is 254 g/mol. The molecule has 1 atom stereocenters. The van der Waals surface area contributed by atoms with E-state index < -0.39 is 0 Å². The number of likely N-dealkylation sites (tertiary alicyclic amines) is 1. The number of rotatable bonds is 5. The summed E-state index contributed by atoms with van der Waals surface area (Å²) in [6, 6.07) is 1.12. The van der Waals surface area contributed by atoms with E-state index in [2.05, 4.69) is 46.4 Å². The van der Waals surface area contributed by atoms with Crippen LogP contribution in [-0.2, 0) is 0 Å². The second-order valence-corrected chi connectivity index (χ2v) is 7.77. The largest absolute Gasteiger partial charge is 0.327 e. The summed E-state index contributed by atoms with van der Waals surface area (Å²) < 4.78 is 0. The van der Waals surface area contributed by atoms with Crippen molar-refractivity contribution in [3.05, 3.63) is 0 Å². The molecule has 0 aromatic heterocycles. The Morgan fingerprint density at radius 2 is 1.61 bits per heavy atom. The fourth-order valence-corrected chi connectivity index (χ4v) is 3.21. The summed E-state index contributed by atoms with van der Waals surface area (Å²) in [5.74, 6) is 1.57. The number of nitrogens with zero attached hydrogens (tertiary/aromatic N) is 1. The van der Waals surface area contributed by atoms with Gasteiger partial charge in [0, 0.05) is 18.6 Å². The normalized spacial score (nSPS) is 25.3. The lowest BCUT2D eigenvalue weighted by Crippen LogP contribution is -2.55. The lowest BCUT2D eigenvalue weighted by Gasteiger charge is -2.46. The van der Waals surface area contributed by atoms with Gasteiger partial charge in [-0.2, -0.15) is 0 Å². The molecule has 0 amide bonds. The SMILES string of the molecule is CC(C)CC(CC(C)C)N1CCC(N)C(C)(C)C1. The number of piperidine rings is 1. The third-order valence-electron chi connectivity index (χ3n) is 4.35. The molecule has 0 aromatic carbocycles. The van der Waals surface area contributed by atoms with Crippen molar-refractivity contribution in [2.24, 2.45) is 23.0 Å². The summed E-state index contributed by atoms with van der Waals surface area (Å²) in [4.78, 5) is 2.71. The van der Waals surface area contributed by atoms with Gasteiger partial charge in [0.1, 0.15) is 0 Å². The Kier molecular flexibility index (Phi) is 5.67. The quantitative estimate of drug-likeness (QED) is 0.813. The molecule has 1 saturated heterocycles. The van der Waals surface area contributed by atoms with E-state index in [1.165, 1.54) is 19.4 Å². The van der Waals surface area contributed by atoms with E-state index in [1.54, 1.807) is 0 Å². The summed E-state index contributed by atoms with van der Waals surface area (Å²) in [6.45, 7) is 16.4. The number of hydrogen-bond donors (Lipinski definition) is 1. The molecule has 2 nitrogen and oxygen atoms in total. The third-order valence-corrected chi connectivity index (χ3v) is 4.35. The predicted molar refractivity (Wildman–Crippen MR) is 80.6 cm³/mol. The maximum Gasteiger partial charge on any atom is 0.0115 e. The van der Waals surface area contributed by atoms with Gasteiger partial charge < -0.3 is 5.73 Å². The van der Waals surface area contributed by atoms with Crippen LogP contribution in [0.15, 0.2) is 0 Å². The molecule has 1 aliphatic heterocycles. The second kappa shape index (κ2) is 6.38. The molecular weight excluding hydrogens is 220 g/mol. The first kappa shape index (κ1) is 16.0. The summed E-state index contributed by atoms with van der Waals surface area (Å²) >= 11 is 0. The molecular formula is C16H34N2. The van der Waals surface area contributed by atoms with Gasteiger partial charge in [-0.1, -0.05) is 41.5 Å². The van der Waals surface area contributed by atoms with E-state index in [-0.39, 0.29) is 5.41 Å². The molecule has 1 fully saturated rings. The zero-order chi connectivity index (χ0) is 13.9. The Balaban J connectivity index is 2.67. The van der Waals surface area contributed by atoms with Crippen LogP contribution in [0, 0.1) is 17.3 Å². The van der Waals surface area contributed by atoms with Crippen molar-refractivity contribution in [3.8, 4) is 0 Å². The van der Waals surface area contributed by atoms with Gasteiger partial charge in [-0.15, -0.1) is 0 Å². The minimum Gasteiger partial charge on any atom is -0.327 e. The van der Waals surface area contributed by atoms with Crippen molar-refractivity contribution in [1.82, 2.24) is 4.90 Å². The lowest BCUT2D eigenvalue weighted by atomic mass is 9.78. The van der Waals surface area contributed by atoms with Gasteiger partial charge in [0.05, 0.1) is 0 Å². The van der Waals surface area contributed by atoms with Crippen LogP contribution in [0.5, 0.6) is 0 Å². The maximum atomic E-state index is 6.25. The molecule has 2 heteroatoms. The highest BCUT2D eigenvalue weighted by molar-refractivity contribution is 4.92. The van der Waals surface area contributed by atoms with Gasteiger partial charge in [0.25, 0.3) is 0 Å². The maximum absolute atomic E-state index is 6.25. The summed E-state index contributed by atoms with van der Waals surface area (Å²) in [6.07, 6.45) is 3.80. The van der Waals surface area contributed by atoms with Gasteiger partial charge in [-0.25, -0.2) is 0 Å². The van der Waals surface area contributed by atoms with Gasteiger partial charge >= 0.3 is 0 Å². The third kappa shape index (κ3) is 4.55. The van der Waals surface area contributed by atoms with Gasteiger partial charge in [0.2, 0.25) is 0 Å². The monoisotopic (exact) mass is 254 g/mol. The van der Waals surface area contributed by atoms with Crippen molar-refractivity contribution in [1.29, 1.82) is 0 Å². The first-order valence-corrected chi connectivity index (χ1v) is 7.72. The van der Waals surface area contributed by atoms with Crippen molar-refractivity contribution < 1.29 is 0 Å². The van der Waals surface area contributed by atoms with Crippen LogP contribution in [0.3, 0.4) is 0 Å². The van der Waals surface area contributed by atoms with E-state index in [0.717, 1.165) is 30.8 Å². The van der Waals surface area contributed by atoms with E-state index in [4.69, 9.17) is 5.73 Å². The van der Waals surface area contributed by atoms with Gasteiger partial charge in [-0.3, -0.25) is 4.90 Å². The van der Waals surface area contributed by atoms with E-state index >= 15 is 0 Å². The Morgan fingerprint density at radius 1 is 1.11 bits per heavy atom. The summed E-state index contributed by atoms with van der Waals surface area (Å²) in [7, 11) is 0. The number of hydrogen-bond acceptors (Lipinski definition) is 2. The van der Waals surface area contributed by atoms with Crippen LogP contribution < -0.4 is 5.73 Å². The van der Waals surface area contributed by atoms with Crippen LogP contribution in [0.1, 0.15) is 60.8 Å². The Morgan fingerprint density at radius 3 is 2.00 bits per heavy atom. The highest BCUT2D eigenvalue weighted by atomic mass is 15.2. The second-order valence-electron chi connectivity index (χ2n) is 7.77. The highest BCUT2D eigenvalue weighted by Gasteiger charge is 2.36. The van der Waals surface area contributed by atoms with Crippen LogP contribution in [0.25, 0.3) is 0 Å². The molecule has 1 rings (SSSR count). The Labute approximate surface area is 114 Å². The molecule has 108 valence electrons. The number of nitrogens with two attached hydrogens (primary N) is 1. The zero-order valence-corrected chi connectivity index (χ0v) is 13.4. The van der Waals surface area contributed by atoms with Crippen molar-refractivity contribution in [3.63, 3.8) is 0 Å². The van der Waals surface area contributed by atoms with Crippen LogP contribution in [-0.4, -0.2) is 30.1 Å². The van der Waals surface area contributed by atoms with Gasteiger partial charge in [-0.05, 0) is 43.1 Å². The van der Waals surface area contributed by atoms with E-state index in [1.807, 2.05) is 0 Å². The fraction of sp³-hybridized carbons (Fsp3) is 1.00. The highest BCUT2D eigenvalue weighted by Crippen LogP contribution is 2.31. The topological polar surface area (TPSA) is 29.3 Å². The molecule has 1 aliphatic rings. The molecule has 0 radical (unpaired) electrons. The van der Waals surface area contributed by atoms with E-state index in [0.29, 0.717) is 6.04 Å². The van der Waals surface area contributed by atoms with Gasteiger partial charge in [0.15, 0.2) is 0 Å². The molecule has 2 N–H and O–H groups in total. The fourth-order valence-electron chi connectivity index (χ4n) is 3.21. The van der Waals surface area contributed by atoms with Crippen LogP contribution in [0.2, 0.25) is 0 Å². The minimum atomic E-state index is 0.268. The summed E-state index contributed by atoms with van der Waals surface area (Å²) in [5.41, 5.74) is 6.52. The predicted octanol–water partition coefficient (Wildman–Crippen LogP) is 3.51. The molecule has 1 unspecified atom stereocenters. The van der Waals surface area contributed by atoms with Crippen molar-refractivity contribution in [2.75, 3.05) is 13.1 Å². The van der Waals surface area contributed by atoms with E-state index in [9.17, 15) is 0 Å². The van der Waals surface area contributed by atoms with Crippen molar-refractivity contribution in [2.45, 2.75) is 72.9 Å². The molecule has 18 heavy (non-hydrogen) atoms. The van der Waals surface area contributed by atoms with Crippen LogP contribution >= 0.6 is 0 Å². The summed E-state index contributed by atoms with van der Waals surface area (Å²) in [5, 5.41) is 0. The first-order valence-electron chi connectivity index (χ1n) is 7.72. The molecule has 1 heterocycles. The Hall–Kier alpha value is -0.0800. The smallest absolute Gasteiger partial charge is 0.0115 e. The Bertz CT molecular complexity index is 235. The molecule has 0 aliphatic carbocycles. The molecule has 0 aromatic rings. The minimum absolute atomic E-state index is 0.268. The molecule has 0 spiro atoms. The molecule has 0 saturated carbocycles. The standard InChI is InChI=1S/C16H34N2/c1-12(2)9-14(10-13(3)4)18-8-7-15(17)16(5,6)11-18/h12-15H,7-11,17H2,1-6H3. The lowest BCUT2D eigenvalue weighted by molar-refractivity contribution is 0.0451. The van der Waals surface area contributed by atoms with Crippen LogP contribution in [0.4, 0.5) is 0 Å². The first-order chi connectivity index (χ1) is 8.22.